The van der Waals surface area contributed by atoms with E-state index in [2.05, 4.69) is 0 Å². The van der Waals surface area contributed by atoms with E-state index >= 15 is 0 Å². The van der Waals surface area contributed by atoms with Crippen LogP contribution in [0.5, 0.6) is 0 Å². The molecule has 0 aliphatic carbocycles. The Kier molecular flexibility index (Phi) is 0.694. The van der Waals surface area contributed by atoms with Crippen molar-refractivity contribution in [2.45, 2.75) is 0 Å². The molecule has 0 spiro atoms. The zero-order valence-corrected chi connectivity index (χ0v) is 2.36. The van der Waals surface area contributed by atoms with Crippen LogP contribution in [-0.4, -0.2) is 11.9 Å². The Balaban J connectivity index is 2.80. The first-order chi connectivity index (χ1) is 1.73. The van der Waals surface area contributed by atoms with E-state index in [4.69, 9.17) is 10.7 Å². The van der Waals surface area contributed by atoms with Crippen LogP contribution in [0.3, 0.4) is 0 Å². The molecule has 0 aliphatic heterocycles. The third kappa shape index (κ3) is 0.622. The predicted octanol–water partition coefficient (Wildman–Crippen LogP) is 0.157. The molecule has 3 heteroatoms. The lowest BCUT2D eigenvalue weighted by Crippen LogP contribution is -1.79. The topological polar surface area (TPSA) is 49.9 Å². The Labute approximate surface area is 23.9 Å². The first-order valence-corrected chi connectivity index (χ1v) is 0.853. The van der Waals surface area contributed by atoms with Gasteiger partial charge in [-0.05, 0) is 5.53 Å². The van der Waals surface area contributed by atoms with Gasteiger partial charge in [-0.25, -0.2) is 0 Å². The summed E-state index contributed by atoms with van der Waals surface area (Å²) in [5.74, 6) is 0. The highest BCUT2D eigenvalue weighted by Crippen LogP contribution is 1.40. The first-order valence-electron chi connectivity index (χ1n) is 0.853. The minimum absolute atomic E-state index is 0. The van der Waals surface area contributed by atoms with Crippen LogP contribution in [0.25, 0.3) is 0 Å². The van der Waals surface area contributed by atoms with Gasteiger partial charge in [0, 0.05) is 0 Å². The smallest absolute Gasteiger partial charge is 0.170 e. The van der Waals surface area contributed by atoms with Crippen molar-refractivity contribution >= 4 is 0 Å². The molecule has 0 unspecified atom stereocenters. The minimum atomic E-state index is 0. The highest BCUT2D eigenvalue weighted by Gasteiger charge is 1.48. The van der Waals surface area contributed by atoms with E-state index in [9.17, 15) is 0 Å². The second-order valence-corrected chi connectivity index (χ2v) is 0.497. The molecule has 0 saturated heterocycles. The monoisotopic (exact) mass is 60.0 g/mol. The molecule has 3 nitrogen and oxygen atoms in total. The molecular formula is CH4N2O. The summed E-state index contributed by atoms with van der Waals surface area (Å²) in [6.07, 6.45) is 0. The average Bonchev–Trinajstić information content (AvgIpc) is 0.811. The second kappa shape index (κ2) is 0.817. The normalized spacial score (nSPS) is 6.25. The SMILES string of the molecule is C[N+](=N)[O-]. The summed E-state index contributed by atoms with van der Waals surface area (Å²) in [4.78, 5) is 0. The molecular weight excluding hydrogens is 56.0 g/mol. The predicted molar refractivity (Wildman–Crippen MR) is 12.3 cm³/mol. The van der Waals surface area contributed by atoms with Gasteiger partial charge in [-0.3, -0.25) is 0 Å². The van der Waals surface area contributed by atoms with Crippen LogP contribution >= 0.6 is 0 Å². The Bertz CT molecular complexity index is 29.0. The van der Waals surface area contributed by atoms with Crippen molar-refractivity contribution in [2.75, 3.05) is 7.05 Å². The molecule has 0 radical (unpaired) electrons. The molecule has 0 heterocycles. The highest BCUT2D eigenvalue weighted by molar-refractivity contribution is 3.80. The van der Waals surface area contributed by atoms with Crippen molar-refractivity contribution in [3.05, 3.63) is 5.21 Å². The largest absolute Gasteiger partial charge is 0.600 e. The standard InChI is InChI=1S/CH4N2O/c1-3(2)4/h2H,1H3. The first kappa shape index (κ1) is 3.40. The van der Waals surface area contributed by atoms with Crippen LogP contribution in [0.4, 0.5) is 0 Å². The van der Waals surface area contributed by atoms with E-state index < -0.39 is 0 Å². The number of rotatable bonds is 0. The number of nitrogens with zero attached hydrogens (tertiary/aromatic N) is 1. The van der Waals surface area contributed by atoms with Gasteiger partial charge in [0.05, 0.1) is 0 Å². The molecule has 1 N–H and O–H groups in total. The zero-order chi connectivity index (χ0) is 3.58. The van der Waals surface area contributed by atoms with E-state index in [1.165, 1.54) is 0 Å². The maximum absolute atomic E-state index is 9.03. The van der Waals surface area contributed by atoms with E-state index in [-0.39, 0.29) is 4.86 Å². The van der Waals surface area contributed by atoms with Gasteiger partial charge in [0.15, 0.2) is 7.05 Å². The van der Waals surface area contributed by atoms with E-state index in [1.807, 2.05) is 0 Å². The van der Waals surface area contributed by atoms with Gasteiger partial charge in [-0.2, -0.15) is 0 Å². The van der Waals surface area contributed by atoms with Crippen molar-refractivity contribution in [1.29, 1.82) is 5.53 Å². The number of hydrogen-bond acceptors (Lipinski definition) is 2. The number of nitrogens with one attached hydrogen (secondary N) is 1. The fraction of sp³-hybridized carbons (Fsp3) is 1.00. The molecule has 4 heavy (non-hydrogen) atoms. The molecule has 0 aromatic rings. The van der Waals surface area contributed by atoms with Crippen LogP contribution in [0, 0.1) is 10.7 Å². The van der Waals surface area contributed by atoms with Crippen molar-refractivity contribution in [2.24, 2.45) is 0 Å². The summed E-state index contributed by atoms with van der Waals surface area (Å²) in [6.45, 7) is 0. The van der Waals surface area contributed by atoms with E-state index in [0.29, 0.717) is 0 Å². The van der Waals surface area contributed by atoms with Crippen molar-refractivity contribution in [3.63, 3.8) is 0 Å². The molecule has 24 valence electrons. The van der Waals surface area contributed by atoms with Gasteiger partial charge >= 0.3 is 0 Å². The number of hydrogen-bond donors (Lipinski definition) is 1. The molecule has 0 aliphatic rings. The summed E-state index contributed by atoms with van der Waals surface area (Å²) in [6, 6.07) is 0. The molecule has 0 rings (SSSR count). The van der Waals surface area contributed by atoms with Crippen LogP contribution in [-0.2, 0) is 0 Å². The summed E-state index contributed by atoms with van der Waals surface area (Å²) in [7, 11) is 1.11. The molecule has 0 amide bonds. The lowest BCUT2D eigenvalue weighted by Gasteiger charge is -1.77. The Morgan fingerprint density at radius 1 is 2.00 bits per heavy atom. The fourth-order valence-corrected chi connectivity index (χ4v) is 0. The summed E-state index contributed by atoms with van der Waals surface area (Å²) >= 11 is 0. The Hall–Kier alpha value is -0.600. The molecule has 0 fully saturated rings. The van der Waals surface area contributed by atoms with Crippen LogP contribution in [0.15, 0.2) is 0 Å². The number of hydroxylamine groups is 1. The van der Waals surface area contributed by atoms with Crippen molar-refractivity contribution in [1.82, 2.24) is 0 Å². The van der Waals surface area contributed by atoms with Crippen molar-refractivity contribution in [3.8, 4) is 0 Å². The van der Waals surface area contributed by atoms with Gasteiger partial charge in [0.2, 0.25) is 0 Å². The van der Waals surface area contributed by atoms with Gasteiger partial charge in [0.1, 0.15) is 0 Å². The van der Waals surface area contributed by atoms with E-state index in [0.717, 1.165) is 7.05 Å². The molecule has 0 saturated carbocycles. The maximum atomic E-state index is 9.03. The molecule has 0 atom stereocenters. The van der Waals surface area contributed by atoms with Gasteiger partial charge in [-0.1, -0.05) is 0 Å². The Morgan fingerprint density at radius 2 is 2.00 bits per heavy atom. The lowest BCUT2D eigenvalue weighted by molar-refractivity contribution is -0.521. The summed E-state index contributed by atoms with van der Waals surface area (Å²) < 4.78 is 0. The lowest BCUT2D eigenvalue weighted by atomic mass is 11.5. The molecule has 0 aromatic carbocycles. The highest BCUT2D eigenvalue weighted by atomic mass is 16.5. The van der Waals surface area contributed by atoms with E-state index in [1.54, 1.807) is 0 Å². The Morgan fingerprint density at radius 3 is 2.00 bits per heavy atom. The fourth-order valence-electron chi connectivity index (χ4n) is 0. The van der Waals surface area contributed by atoms with Crippen molar-refractivity contribution < 1.29 is 4.86 Å². The van der Waals surface area contributed by atoms with Crippen LogP contribution < -0.4 is 0 Å². The van der Waals surface area contributed by atoms with Gasteiger partial charge < -0.3 is 5.21 Å². The van der Waals surface area contributed by atoms with Gasteiger partial charge in [0.25, 0.3) is 0 Å². The molecule has 0 bridgehead atoms. The van der Waals surface area contributed by atoms with Gasteiger partial charge in [-0.15, -0.1) is 4.86 Å². The molecule has 0 aromatic heterocycles. The second-order valence-electron chi connectivity index (χ2n) is 0.497. The maximum Gasteiger partial charge on any atom is 0.170 e. The third-order valence-corrected chi connectivity index (χ3v) is 0. The quantitative estimate of drug-likeness (QED) is 0.241. The average molecular weight is 60.1 g/mol. The summed E-state index contributed by atoms with van der Waals surface area (Å²) in [5, 5.41) is 9.03. The van der Waals surface area contributed by atoms with Crippen LogP contribution in [0.2, 0.25) is 0 Å². The summed E-state index contributed by atoms with van der Waals surface area (Å²) in [5.41, 5.74) is 5.86. The third-order valence-electron chi connectivity index (χ3n) is 0. The minimum Gasteiger partial charge on any atom is -0.600 e. The van der Waals surface area contributed by atoms with Crippen LogP contribution in [0.1, 0.15) is 0 Å². The zero-order valence-electron chi connectivity index (χ0n) is 2.36.